The number of hydrogen-bond acceptors (Lipinski definition) is 1. The van der Waals surface area contributed by atoms with Crippen LogP contribution < -0.4 is 10.6 Å². The number of aryl methyl sites for hydroxylation is 1. The van der Waals surface area contributed by atoms with Crippen LogP contribution >= 0.6 is 12.2 Å². The fourth-order valence-corrected chi connectivity index (χ4v) is 2.94. The summed E-state index contributed by atoms with van der Waals surface area (Å²) in [4.78, 5) is 0. The Labute approximate surface area is 151 Å². The van der Waals surface area contributed by atoms with Gasteiger partial charge in [0.05, 0.1) is 6.04 Å². The normalized spacial score (nSPS) is 13.2. The third-order valence-electron chi connectivity index (χ3n) is 4.54. The molecule has 0 saturated heterocycles. The van der Waals surface area contributed by atoms with Gasteiger partial charge in [-0.05, 0) is 61.2 Å². The molecule has 2 atom stereocenters. The Morgan fingerprint density at radius 1 is 0.917 bits per heavy atom. The molecule has 2 unspecified atom stereocenters. The molecule has 2 aromatic carbocycles. The molecular formula is C21H28N2S. The van der Waals surface area contributed by atoms with E-state index in [1.165, 1.54) is 23.1 Å². The fourth-order valence-electron chi connectivity index (χ4n) is 2.68. The molecule has 24 heavy (non-hydrogen) atoms. The van der Waals surface area contributed by atoms with Gasteiger partial charge in [-0.3, -0.25) is 0 Å². The predicted octanol–water partition coefficient (Wildman–Crippen LogP) is 5.95. The largest absolute Gasteiger partial charge is 0.356 e. The molecule has 0 aliphatic rings. The zero-order chi connectivity index (χ0) is 17.5. The standard InChI is InChI=1S/C21H28N2S/c1-5-16(4)17-9-11-18(12-10-17)20(6-2)23-21(24)22-19-13-7-15(3)8-14-19/h7-14,16,20H,5-6H2,1-4H3,(H2,22,23,24). The van der Waals surface area contributed by atoms with Gasteiger partial charge in [-0.25, -0.2) is 0 Å². The van der Waals surface area contributed by atoms with E-state index in [1.54, 1.807) is 0 Å². The first-order valence-corrected chi connectivity index (χ1v) is 9.18. The highest BCUT2D eigenvalue weighted by molar-refractivity contribution is 7.80. The Morgan fingerprint density at radius 3 is 2.04 bits per heavy atom. The van der Waals surface area contributed by atoms with Crippen LogP contribution in [-0.4, -0.2) is 5.11 Å². The third-order valence-corrected chi connectivity index (χ3v) is 4.76. The van der Waals surface area contributed by atoms with Gasteiger partial charge in [0.25, 0.3) is 0 Å². The second-order valence-electron chi connectivity index (χ2n) is 6.40. The van der Waals surface area contributed by atoms with Gasteiger partial charge in [0.15, 0.2) is 5.11 Å². The molecule has 0 amide bonds. The zero-order valence-electron chi connectivity index (χ0n) is 15.1. The summed E-state index contributed by atoms with van der Waals surface area (Å²) in [5.41, 5.74) is 4.93. The SMILES string of the molecule is CCC(C)c1ccc(C(CC)NC(=S)Nc2ccc(C)cc2)cc1. The number of nitrogens with one attached hydrogen (secondary N) is 2. The quantitative estimate of drug-likeness (QED) is 0.636. The molecule has 0 heterocycles. The number of hydrogen-bond donors (Lipinski definition) is 2. The van der Waals surface area contributed by atoms with Gasteiger partial charge in [-0.15, -0.1) is 0 Å². The summed E-state index contributed by atoms with van der Waals surface area (Å²) in [7, 11) is 0. The Hall–Kier alpha value is -1.87. The Kier molecular flexibility index (Phi) is 6.80. The lowest BCUT2D eigenvalue weighted by atomic mass is 9.95. The number of rotatable bonds is 6. The van der Waals surface area contributed by atoms with Crippen LogP contribution in [0, 0.1) is 6.92 Å². The molecule has 128 valence electrons. The summed E-state index contributed by atoms with van der Waals surface area (Å²) in [6, 6.07) is 17.4. The van der Waals surface area contributed by atoms with Crippen molar-refractivity contribution in [1.82, 2.24) is 5.32 Å². The van der Waals surface area contributed by atoms with Crippen LogP contribution in [0.4, 0.5) is 5.69 Å². The monoisotopic (exact) mass is 340 g/mol. The summed E-state index contributed by atoms with van der Waals surface area (Å²) in [6.45, 7) is 8.75. The molecule has 2 nitrogen and oxygen atoms in total. The van der Waals surface area contributed by atoms with Gasteiger partial charge >= 0.3 is 0 Å². The highest BCUT2D eigenvalue weighted by Crippen LogP contribution is 2.23. The minimum absolute atomic E-state index is 0.224. The van der Waals surface area contributed by atoms with E-state index in [-0.39, 0.29) is 6.04 Å². The maximum absolute atomic E-state index is 5.48. The molecule has 0 radical (unpaired) electrons. The van der Waals surface area contributed by atoms with Gasteiger partial charge in [0.2, 0.25) is 0 Å². The molecule has 2 N–H and O–H groups in total. The molecule has 0 aromatic heterocycles. The highest BCUT2D eigenvalue weighted by Gasteiger charge is 2.11. The fraction of sp³-hybridized carbons (Fsp3) is 0.381. The average molecular weight is 341 g/mol. The number of anilines is 1. The second-order valence-corrected chi connectivity index (χ2v) is 6.81. The minimum atomic E-state index is 0.224. The van der Waals surface area contributed by atoms with Crippen molar-refractivity contribution in [3.05, 3.63) is 65.2 Å². The van der Waals surface area contributed by atoms with Crippen molar-refractivity contribution < 1.29 is 0 Å². The molecule has 0 aliphatic heterocycles. The van der Waals surface area contributed by atoms with Gasteiger partial charge < -0.3 is 10.6 Å². The molecule has 0 saturated carbocycles. The molecule has 0 spiro atoms. The van der Waals surface area contributed by atoms with Crippen LogP contribution in [-0.2, 0) is 0 Å². The summed E-state index contributed by atoms with van der Waals surface area (Å²) in [5.74, 6) is 0.608. The maximum atomic E-state index is 5.48. The lowest BCUT2D eigenvalue weighted by molar-refractivity contribution is 0.628. The van der Waals surface area contributed by atoms with Crippen LogP contribution in [0.25, 0.3) is 0 Å². The Balaban J connectivity index is 2.00. The van der Waals surface area contributed by atoms with Crippen molar-refractivity contribution >= 4 is 23.0 Å². The average Bonchev–Trinajstić information content (AvgIpc) is 2.61. The number of benzene rings is 2. The molecule has 2 aromatic rings. The molecular weight excluding hydrogens is 312 g/mol. The highest BCUT2D eigenvalue weighted by atomic mass is 32.1. The zero-order valence-corrected chi connectivity index (χ0v) is 15.9. The topological polar surface area (TPSA) is 24.1 Å². The van der Waals surface area contributed by atoms with E-state index in [0.717, 1.165) is 12.1 Å². The first-order chi connectivity index (χ1) is 11.5. The first-order valence-electron chi connectivity index (χ1n) is 8.77. The molecule has 0 fully saturated rings. The van der Waals surface area contributed by atoms with Crippen molar-refractivity contribution in [3.63, 3.8) is 0 Å². The van der Waals surface area contributed by atoms with E-state index in [2.05, 4.69) is 74.7 Å². The van der Waals surface area contributed by atoms with Crippen molar-refractivity contribution in [1.29, 1.82) is 0 Å². The smallest absolute Gasteiger partial charge is 0.171 e. The van der Waals surface area contributed by atoms with Crippen molar-refractivity contribution in [2.24, 2.45) is 0 Å². The van der Waals surface area contributed by atoms with Crippen molar-refractivity contribution in [3.8, 4) is 0 Å². The summed E-state index contributed by atoms with van der Waals surface area (Å²) < 4.78 is 0. The predicted molar refractivity (Wildman–Crippen MR) is 109 cm³/mol. The second kappa shape index (κ2) is 8.84. The summed E-state index contributed by atoms with van der Waals surface area (Å²) >= 11 is 5.48. The maximum Gasteiger partial charge on any atom is 0.171 e. The molecule has 0 aliphatic carbocycles. The van der Waals surface area contributed by atoms with E-state index in [9.17, 15) is 0 Å². The summed E-state index contributed by atoms with van der Waals surface area (Å²) in [5, 5.41) is 7.36. The first kappa shape index (κ1) is 18.5. The number of thiocarbonyl (C=S) groups is 1. The van der Waals surface area contributed by atoms with Gasteiger partial charge in [0, 0.05) is 5.69 Å². The molecule has 0 bridgehead atoms. The molecule has 3 heteroatoms. The van der Waals surface area contributed by atoms with Crippen LogP contribution in [0.2, 0.25) is 0 Å². The van der Waals surface area contributed by atoms with E-state index in [1.807, 2.05) is 12.1 Å². The van der Waals surface area contributed by atoms with Gasteiger partial charge in [-0.1, -0.05) is 62.7 Å². The van der Waals surface area contributed by atoms with Crippen molar-refractivity contribution in [2.75, 3.05) is 5.32 Å². The van der Waals surface area contributed by atoms with E-state index in [4.69, 9.17) is 12.2 Å². The van der Waals surface area contributed by atoms with Crippen LogP contribution in [0.3, 0.4) is 0 Å². The lowest BCUT2D eigenvalue weighted by Gasteiger charge is -2.21. The Bertz CT molecular complexity index is 647. The van der Waals surface area contributed by atoms with Crippen LogP contribution in [0.1, 0.15) is 62.3 Å². The van der Waals surface area contributed by atoms with Crippen LogP contribution in [0.15, 0.2) is 48.5 Å². The van der Waals surface area contributed by atoms with E-state index in [0.29, 0.717) is 11.0 Å². The third kappa shape index (κ3) is 5.07. The minimum Gasteiger partial charge on any atom is -0.356 e. The Morgan fingerprint density at radius 2 is 1.50 bits per heavy atom. The lowest BCUT2D eigenvalue weighted by Crippen LogP contribution is -2.32. The summed E-state index contributed by atoms with van der Waals surface area (Å²) in [6.07, 6.45) is 2.15. The molecule has 2 rings (SSSR count). The van der Waals surface area contributed by atoms with E-state index >= 15 is 0 Å². The van der Waals surface area contributed by atoms with Crippen molar-refractivity contribution in [2.45, 2.75) is 52.5 Å². The van der Waals surface area contributed by atoms with Crippen LogP contribution in [0.5, 0.6) is 0 Å². The van der Waals surface area contributed by atoms with Gasteiger partial charge in [0.1, 0.15) is 0 Å². The van der Waals surface area contributed by atoms with E-state index < -0.39 is 0 Å². The van der Waals surface area contributed by atoms with Gasteiger partial charge in [-0.2, -0.15) is 0 Å².